The van der Waals surface area contributed by atoms with Crippen molar-refractivity contribution in [3.05, 3.63) is 0 Å². The van der Waals surface area contributed by atoms with Crippen LogP contribution in [0.5, 0.6) is 0 Å². The van der Waals surface area contributed by atoms with E-state index in [2.05, 4.69) is 18.7 Å². The van der Waals surface area contributed by atoms with Crippen LogP contribution in [0.3, 0.4) is 0 Å². The van der Waals surface area contributed by atoms with Gasteiger partial charge in [-0.05, 0) is 42.9 Å². The van der Waals surface area contributed by atoms with Crippen LogP contribution >= 0.6 is 0 Å². The molecule has 1 aliphatic carbocycles. The van der Waals surface area contributed by atoms with Gasteiger partial charge in [0.2, 0.25) is 0 Å². The van der Waals surface area contributed by atoms with Gasteiger partial charge in [-0.3, -0.25) is 0 Å². The summed E-state index contributed by atoms with van der Waals surface area (Å²) in [5.41, 5.74) is 0.650. The summed E-state index contributed by atoms with van der Waals surface area (Å²) in [6, 6.07) is 0. The minimum absolute atomic E-state index is 0.410. The van der Waals surface area contributed by atoms with E-state index in [1.165, 1.54) is 64.6 Å². The molecule has 0 radical (unpaired) electrons. The van der Waals surface area contributed by atoms with Gasteiger partial charge in [-0.1, -0.05) is 33.1 Å². The maximum atomic E-state index is 9.39. The predicted octanol–water partition coefficient (Wildman–Crippen LogP) is 3.30. The summed E-state index contributed by atoms with van der Waals surface area (Å²) in [6.07, 6.45) is 9.41. The average Bonchev–Trinajstić information content (AvgIpc) is 2.75. The van der Waals surface area contributed by atoms with Crippen LogP contribution in [0.15, 0.2) is 0 Å². The molecular weight excluding hydrogens is 222 g/mol. The zero-order valence-corrected chi connectivity index (χ0v) is 12.3. The number of hydrogen-bond acceptors (Lipinski definition) is 2. The summed E-state index contributed by atoms with van der Waals surface area (Å²) in [4.78, 5) is 2.66. The molecule has 1 aliphatic heterocycles. The van der Waals surface area contributed by atoms with Crippen molar-refractivity contribution in [2.45, 2.75) is 58.8 Å². The van der Waals surface area contributed by atoms with Gasteiger partial charge < -0.3 is 10.0 Å². The average molecular weight is 253 g/mol. The zero-order chi connectivity index (χ0) is 13.0. The summed E-state index contributed by atoms with van der Waals surface area (Å²) >= 11 is 0. The molecule has 0 aromatic carbocycles. The van der Waals surface area contributed by atoms with E-state index in [1.807, 2.05) is 0 Å². The number of hydrogen-bond donors (Lipinski definition) is 1. The first-order valence-electron chi connectivity index (χ1n) is 8.06. The van der Waals surface area contributed by atoms with Crippen LogP contribution in [0.1, 0.15) is 58.8 Å². The molecule has 0 amide bonds. The summed E-state index contributed by atoms with van der Waals surface area (Å²) in [5, 5.41) is 9.39. The summed E-state index contributed by atoms with van der Waals surface area (Å²) < 4.78 is 0. The lowest BCUT2D eigenvalue weighted by atomic mass is 9.72. The Morgan fingerprint density at radius 3 is 2.22 bits per heavy atom. The van der Waals surface area contributed by atoms with Crippen molar-refractivity contribution >= 4 is 0 Å². The molecule has 0 aromatic heterocycles. The fourth-order valence-corrected chi connectivity index (χ4v) is 4.46. The molecule has 2 nitrogen and oxygen atoms in total. The number of aliphatic hydroxyl groups is 1. The Kier molecular flexibility index (Phi) is 5.08. The standard InChI is InChI=1S/C16H31NO/c1-3-8-16(9-4-2)12-17(13-16)10-14-6-5-7-15(14)11-18/h14-15,18H,3-13H2,1-2H3. The molecule has 1 N–H and O–H groups in total. The molecule has 2 heteroatoms. The van der Waals surface area contributed by atoms with E-state index in [0.29, 0.717) is 17.9 Å². The lowest BCUT2D eigenvalue weighted by molar-refractivity contribution is -0.0292. The molecular formula is C16H31NO. The molecule has 2 fully saturated rings. The Hall–Kier alpha value is -0.0800. The highest BCUT2D eigenvalue weighted by molar-refractivity contribution is 4.95. The van der Waals surface area contributed by atoms with Crippen molar-refractivity contribution in [1.82, 2.24) is 4.90 Å². The second-order valence-corrected chi connectivity index (χ2v) is 6.80. The molecule has 106 valence electrons. The highest BCUT2D eigenvalue weighted by atomic mass is 16.3. The smallest absolute Gasteiger partial charge is 0.0462 e. The van der Waals surface area contributed by atoms with Crippen LogP contribution < -0.4 is 0 Å². The predicted molar refractivity (Wildman–Crippen MR) is 76.6 cm³/mol. The first-order chi connectivity index (χ1) is 8.73. The van der Waals surface area contributed by atoms with E-state index in [0.717, 1.165) is 5.92 Å². The molecule has 1 saturated carbocycles. The second kappa shape index (κ2) is 6.38. The summed E-state index contributed by atoms with van der Waals surface area (Å²) in [6.45, 7) is 8.94. The first-order valence-corrected chi connectivity index (χ1v) is 8.06. The van der Waals surface area contributed by atoms with Crippen molar-refractivity contribution in [1.29, 1.82) is 0 Å². The Balaban J connectivity index is 1.77. The fourth-order valence-electron chi connectivity index (χ4n) is 4.46. The zero-order valence-electron chi connectivity index (χ0n) is 12.3. The molecule has 0 spiro atoms. The van der Waals surface area contributed by atoms with E-state index < -0.39 is 0 Å². The van der Waals surface area contributed by atoms with Crippen LogP contribution in [-0.2, 0) is 0 Å². The molecule has 0 aromatic rings. The largest absolute Gasteiger partial charge is 0.396 e. The molecule has 2 aliphatic rings. The van der Waals surface area contributed by atoms with Crippen molar-refractivity contribution in [3.63, 3.8) is 0 Å². The Morgan fingerprint density at radius 1 is 1.06 bits per heavy atom. The van der Waals surface area contributed by atoms with E-state index in [9.17, 15) is 5.11 Å². The molecule has 18 heavy (non-hydrogen) atoms. The maximum absolute atomic E-state index is 9.39. The van der Waals surface area contributed by atoms with Gasteiger partial charge in [0.1, 0.15) is 0 Å². The van der Waals surface area contributed by atoms with Crippen LogP contribution in [0.4, 0.5) is 0 Å². The minimum atomic E-state index is 0.410. The van der Waals surface area contributed by atoms with Gasteiger partial charge in [-0.2, -0.15) is 0 Å². The number of nitrogens with zero attached hydrogens (tertiary/aromatic N) is 1. The maximum Gasteiger partial charge on any atom is 0.0462 e. The lowest BCUT2D eigenvalue weighted by Crippen LogP contribution is -2.57. The molecule has 2 unspecified atom stereocenters. The van der Waals surface area contributed by atoms with Gasteiger partial charge in [0, 0.05) is 26.2 Å². The number of likely N-dealkylation sites (tertiary alicyclic amines) is 1. The third kappa shape index (κ3) is 3.08. The van der Waals surface area contributed by atoms with Crippen molar-refractivity contribution in [2.75, 3.05) is 26.2 Å². The van der Waals surface area contributed by atoms with Gasteiger partial charge in [-0.25, -0.2) is 0 Å². The van der Waals surface area contributed by atoms with Crippen molar-refractivity contribution in [2.24, 2.45) is 17.3 Å². The summed E-state index contributed by atoms with van der Waals surface area (Å²) in [7, 11) is 0. The van der Waals surface area contributed by atoms with Crippen molar-refractivity contribution < 1.29 is 5.11 Å². The van der Waals surface area contributed by atoms with Crippen LogP contribution in [0, 0.1) is 17.3 Å². The van der Waals surface area contributed by atoms with Crippen LogP contribution in [0.25, 0.3) is 0 Å². The quantitative estimate of drug-likeness (QED) is 0.752. The van der Waals surface area contributed by atoms with Gasteiger partial charge in [0.15, 0.2) is 0 Å². The molecule has 2 rings (SSSR count). The van der Waals surface area contributed by atoms with E-state index >= 15 is 0 Å². The number of aliphatic hydroxyl groups excluding tert-OH is 1. The van der Waals surface area contributed by atoms with Crippen molar-refractivity contribution in [3.8, 4) is 0 Å². The fraction of sp³-hybridized carbons (Fsp3) is 1.00. The normalized spacial score (nSPS) is 31.5. The van der Waals surface area contributed by atoms with Crippen LogP contribution in [-0.4, -0.2) is 36.2 Å². The number of rotatable bonds is 7. The summed E-state index contributed by atoms with van der Waals surface area (Å²) in [5.74, 6) is 1.37. The molecule has 2 atom stereocenters. The Morgan fingerprint density at radius 2 is 1.67 bits per heavy atom. The Bertz CT molecular complexity index is 239. The molecule has 1 saturated heterocycles. The molecule has 0 bridgehead atoms. The minimum Gasteiger partial charge on any atom is -0.396 e. The lowest BCUT2D eigenvalue weighted by Gasteiger charge is -2.52. The highest BCUT2D eigenvalue weighted by Crippen LogP contribution is 2.41. The SMILES string of the molecule is CCCC1(CCC)CN(CC2CCCC2CO)C1. The third-order valence-electron chi connectivity index (χ3n) is 5.22. The van der Waals surface area contributed by atoms with Gasteiger partial charge in [-0.15, -0.1) is 0 Å². The third-order valence-corrected chi connectivity index (χ3v) is 5.22. The monoisotopic (exact) mass is 253 g/mol. The van der Waals surface area contributed by atoms with E-state index in [-0.39, 0.29) is 0 Å². The molecule has 1 heterocycles. The van der Waals surface area contributed by atoms with E-state index in [4.69, 9.17) is 0 Å². The van der Waals surface area contributed by atoms with Gasteiger partial charge in [0.25, 0.3) is 0 Å². The van der Waals surface area contributed by atoms with Gasteiger partial charge in [0.05, 0.1) is 0 Å². The Labute approximate surface area is 113 Å². The highest BCUT2D eigenvalue weighted by Gasteiger charge is 2.42. The van der Waals surface area contributed by atoms with Crippen LogP contribution in [0.2, 0.25) is 0 Å². The van der Waals surface area contributed by atoms with E-state index in [1.54, 1.807) is 0 Å². The topological polar surface area (TPSA) is 23.5 Å². The first kappa shape index (κ1) is 14.3. The van der Waals surface area contributed by atoms with Gasteiger partial charge >= 0.3 is 0 Å². The second-order valence-electron chi connectivity index (χ2n) is 6.80.